The fraction of sp³-hybridized carbons (Fsp3) is 0.450. The van der Waals surface area contributed by atoms with Crippen LogP contribution in [0.25, 0.3) is 0 Å². The fourth-order valence-corrected chi connectivity index (χ4v) is 3.46. The number of carbonyl (C=O) groups is 1. The van der Waals surface area contributed by atoms with E-state index in [-0.39, 0.29) is 17.9 Å². The monoisotopic (exact) mass is 372 g/mol. The van der Waals surface area contributed by atoms with Crippen molar-refractivity contribution in [2.24, 2.45) is 5.92 Å². The molecule has 1 unspecified atom stereocenters. The smallest absolute Gasteiger partial charge is 0.223 e. The Kier molecular flexibility index (Phi) is 6.09. The van der Waals surface area contributed by atoms with E-state index >= 15 is 0 Å². The van der Waals surface area contributed by atoms with Crippen molar-refractivity contribution in [3.05, 3.63) is 52.7 Å². The minimum atomic E-state index is 0.0472. The molecule has 1 aliphatic heterocycles. The highest BCUT2D eigenvalue weighted by Gasteiger charge is 2.27. The Balaban J connectivity index is 1.55. The second kappa shape index (κ2) is 8.49. The largest absolute Gasteiger partial charge is 0.355 e. The Hall–Kier alpha value is -2.14. The minimum Gasteiger partial charge on any atom is -0.355 e. The predicted octanol–water partition coefficient (Wildman–Crippen LogP) is 3.92. The molecule has 0 bridgehead atoms. The molecule has 1 aromatic heterocycles. The molecular formula is C20H25ClN4O. The average Bonchev–Trinajstić information content (AvgIpc) is 2.67. The summed E-state index contributed by atoms with van der Waals surface area (Å²) in [6.45, 7) is 5.78. The highest BCUT2D eigenvalue weighted by Crippen LogP contribution is 2.24. The number of aromatic nitrogens is 2. The van der Waals surface area contributed by atoms with Crippen LogP contribution >= 0.6 is 11.6 Å². The van der Waals surface area contributed by atoms with Crippen LogP contribution in [0, 0.1) is 12.8 Å². The summed E-state index contributed by atoms with van der Waals surface area (Å²) in [5, 5.41) is 11.6. The standard InChI is InChI=1S/C20H25ClN4O/c1-3-17(15-6-4-14(2)5-7-15)22-20(26)16-10-12-25(13-11-16)19-9-8-18(21)23-24-19/h4-9,16-17H,3,10-13H2,1-2H3,(H,22,26). The van der Waals surface area contributed by atoms with Crippen molar-refractivity contribution in [1.82, 2.24) is 15.5 Å². The van der Waals surface area contributed by atoms with Gasteiger partial charge in [-0.3, -0.25) is 4.79 Å². The molecule has 1 aromatic carbocycles. The van der Waals surface area contributed by atoms with Gasteiger partial charge in [0.1, 0.15) is 0 Å². The van der Waals surface area contributed by atoms with Crippen molar-refractivity contribution in [2.45, 2.75) is 39.2 Å². The lowest BCUT2D eigenvalue weighted by Crippen LogP contribution is -2.41. The first-order chi connectivity index (χ1) is 12.6. The number of amides is 1. The lowest BCUT2D eigenvalue weighted by molar-refractivity contribution is -0.126. The molecule has 5 nitrogen and oxygen atoms in total. The summed E-state index contributed by atoms with van der Waals surface area (Å²) in [7, 11) is 0. The molecule has 0 saturated carbocycles. The van der Waals surface area contributed by atoms with Gasteiger partial charge in [0, 0.05) is 19.0 Å². The lowest BCUT2D eigenvalue weighted by Gasteiger charge is -2.32. The van der Waals surface area contributed by atoms with Crippen molar-refractivity contribution in [3.63, 3.8) is 0 Å². The third kappa shape index (κ3) is 4.52. The molecule has 2 aromatic rings. The Morgan fingerprint density at radius 3 is 2.46 bits per heavy atom. The van der Waals surface area contributed by atoms with Gasteiger partial charge in [-0.1, -0.05) is 48.4 Å². The second-order valence-corrected chi connectivity index (χ2v) is 7.24. The lowest BCUT2D eigenvalue weighted by atomic mass is 9.94. The fourth-order valence-electron chi connectivity index (χ4n) is 3.36. The van der Waals surface area contributed by atoms with Gasteiger partial charge in [0.25, 0.3) is 0 Å². The number of hydrogen-bond donors (Lipinski definition) is 1. The minimum absolute atomic E-state index is 0.0472. The van der Waals surface area contributed by atoms with Gasteiger partial charge in [-0.2, -0.15) is 0 Å². The number of carbonyl (C=O) groups excluding carboxylic acids is 1. The summed E-state index contributed by atoms with van der Waals surface area (Å²) in [6.07, 6.45) is 2.52. The van der Waals surface area contributed by atoms with Gasteiger partial charge in [0.05, 0.1) is 6.04 Å². The quantitative estimate of drug-likeness (QED) is 0.864. The first-order valence-corrected chi connectivity index (χ1v) is 9.55. The molecule has 0 spiro atoms. The zero-order chi connectivity index (χ0) is 18.5. The van der Waals surface area contributed by atoms with Gasteiger partial charge in [0.2, 0.25) is 5.91 Å². The van der Waals surface area contributed by atoms with Gasteiger partial charge in [-0.15, -0.1) is 10.2 Å². The van der Waals surface area contributed by atoms with Gasteiger partial charge < -0.3 is 10.2 Å². The molecule has 1 atom stereocenters. The van der Waals surface area contributed by atoms with Crippen molar-refractivity contribution < 1.29 is 4.79 Å². The van der Waals surface area contributed by atoms with E-state index in [1.165, 1.54) is 11.1 Å². The maximum Gasteiger partial charge on any atom is 0.223 e. The third-order valence-corrected chi connectivity index (χ3v) is 5.21. The molecule has 0 radical (unpaired) electrons. The summed E-state index contributed by atoms with van der Waals surface area (Å²) >= 11 is 5.79. The molecule has 26 heavy (non-hydrogen) atoms. The predicted molar refractivity (Wildman–Crippen MR) is 104 cm³/mol. The van der Waals surface area contributed by atoms with Crippen molar-refractivity contribution in [1.29, 1.82) is 0 Å². The van der Waals surface area contributed by atoms with Crippen molar-refractivity contribution >= 4 is 23.3 Å². The van der Waals surface area contributed by atoms with E-state index in [2.05, 4.69) is 58.5 Å². The van der Waals surface area contributed by atoms with Crippen LogP contribution in [-0.4, -0.2) is 29.2 Å². The number of aryl methyl sites for hydroxylation is 1. The van der Waals surface area contributed by atoms with E-state index in [0.29, 0.717) is 5.15 Å². The van der Waals surface area contributed by atoms with Gasteiger partial charge in [0.15, 0.2) is 11.0 Å². The van der Waals surface area contributed by atoms with E-state index < -0.39 is 0 Å². The van der Waals surface area contributed by atoms with Crippen LogP contribution in [0.3, 0.4) is 0 Å². The molecular weight excluding hydrogens is 348 g/mol. The van der Waals surface area contributed by atoms with E-state index in [1.807, 2.05) is 6.07 Å². The van der Waals surface area contributed by atoms with Crippen molar-refractivity contribution in [3.8, 4) is 0 Å². The first-order valence-electron chi connectivity index (χ1n) is 9.18. The normalized spacial score (nSPS) is 16.3. The van der Waals surface area contributed by atoms with Crippen LogP contribution in [0.1, 0.15) is 43.4 Å². The summed E-state index contributed by atoms with van der Waals surface area (Å²) in [5.74, 6) is 1.02. The highest BCUT2D eigenvalue weighted by molar-refractivity contribution is 6.29. The van der Waals surface area contributed by atoms with E-state index in [0.717, 1.165) is 38.2 Å². The SMILES string of the molecule is CCC(NC(=O)C1CCN(c2ccc(Cl)nn2)CC1)c1ccc(C)cc1. The number of nitrogens with one attached hydrogen (secondary N) is 1. The summed E-state index contributed by atoms with van der Waals surface area (Å²) in [6, 6.07) is 12.1. The average molecular weight is 373 g/mol. The number of halogens is 1. The molecule has 1 saturated heterocycles. The second-order valence-electron chi connectivity index (χ2n) is 6.86. The number of hydrogen-bond acceptors (Lipinski definition) is 4. The van der Waals surface area contributed by atoms with Gasteiger partial charge >= 0.3 is 0 Å². The number of benzene rings is 1. The number of nitrogens with zero attached hydrogens (tertiary/aromatic N) is 3. The maximum absolute atomic E-state index is 12.7. The van der Waals surface area contributed by atoms with Crippen LogP contribution < -0.4 is 10.2 Å². The molecule has 1 aliphatic rings. The molecule has 1 amide bonds. The molecule has 1 N–H and O–H groups in total. The molecule has 138 valence electrons. The number of rotatable bonds is 5. The van der Waals surface area contributed by atoms with E-state index in [9.17, 15) is 4.79 Å². The molecule has 6 heteroatoms. The molecule has 2 heterocycles. The summed E-state index contributed by atoms with van der Waals surface area (Å²) in [4.78, 5) is 14.9. The number of anilines is 1. The van der Waals surface area contributed by atoms with Gasteiger partial charge in [-0.05, 0) is 43.9 Å². The van der Waals surface area contributed by atoms with Crippen LogP contribution in [0.15, 0.2) is 36.4 Å². The summed E-state index contributed by atoms with van der Waals surface area (Å²) in [5.41, 5.74) is 2.40. The zero-order valence-corrected chi connectivity index (χ0v) is 16.0. The highest BCUT2D eigenvalue weighted by atomic mass is 35.5. The number of piperidine rings is 1. The zero-order valence-electron chi connectivity index (χ0n) is 15.3. The Morgan fingerprint density at radius 1 is 1.19 bits per heavy atom. The van der Waals surface area contributed by atoms with Crippen LogP contribution in [0.4, 0.5) is 5.82 Å². The summed E-state index contributed by atoms with van der Waals surface area (Å²) < 4.78 is 0. The molecule has 3 rings (SSSR count). The topological polar surface area (TPSA) is 58.1 Å². The Morgan fingerprint density at radius 2 is 1.88 bits per heavy atom. The van der Waals surface area contributed by atoms with Crippen LogP contribution in [-0.2, 0) is 4.79 Å². The Bertz CT molecular complexity index is 724. The Labute approximate surface area is 159 Å². The van der Waals surface area contributed by atoms with Crippen LogP contribution in [0.5, 0.6) is 0 Å². The van der Waals surface area contributed by atoms with E-state index in [4.69, 9.17) is 11.6 Å². The van der Waals surface area contributed by atoms with E-state index in [1.54, 1.807) is 6.07 Å². The third-order valence-electron chi connectivity index (χ3n) is 5.01. The van der Waals surface area contributed by atoms with Crippen molar-refractivity contribution in [2.75, 3.05) is 18.0 Å². The van der Waals surface area contributed by atoms with Gasteiger partial charge in [-0.25, -0.2) is 0 Å². The molecule has 1 fully saturated rings. The van der Waals surface area contributed by atoms with Crippen LogP contribution in [0.2, 0.25) is 5.15 Å². The maximum atomic E-state index is 12.7. The first kappa shape index (κ1) is 18.6. The molecule has 0 aliphatic carbocycles.